The first-order chi connectivity index (χ1) is 22.5. The fraction of sp³-hybridized carbons (Fsp3) is 0.846. The number of halogens is 6. The SMILES string of the molecule is CC(C)OP(=O)(OC(C)C)[C@H](C)NC(=O)[C@H](CSSC[C@H](NC(=O)C(F)(F)F)C(=O)N[C@@H](C)P(=O)(OC(C)C)OC(C)C)NC(=O)C(F)(F)F. The average Bonchev–Trinajstić information content (AvgIpc) is 2.90. The molecule has 0 heterocycles. The Hall–Kier alpha value is -1.54. The van der Waals surface area contributed by atoms with Crippen molar-refractivity contribution in [2.24, 2.45) is 0 Å². The Kier molecular flexibility index (Phi) is 20.0. The highest BCUT2D eigenvalue weighted by Crippen LogP contribution is 2.55. The highest BCUT2D eigenvalue weighted by atomic mass is 33.1. The second kappa shape index (κ2) is 20.6. The van der Waals surface area contributed by atoms with Gasteiger partial charge in [-0.25, -0.2) is 0 Å². The van der Waals surface area contributed by atoms with Gasteiger partial charge < -0.3 is 39.4 Å². The second-order valence-corrected chi connectivity index (χ2v) is 18.8. The van der Waals surface area contributed by atoms with Gasteiger partial charge in [0.1, 0.15) is 23.6 Å². The van der Waals surface area contributed by atoms with Crippen LogP contribution in [0, 0.1) is 0 Å². The Morgan fingerprint density at radius 1 is 0.520 bits per heavy atom. The van der Waals surface area contributed by atoms with E-state index in [0.29, 0.717) is 21.6 Å². The minimum absolute atomic E-state index is 0.545. The summed E-state index contributed by atoms with van der Waals surface area (Å²) in [4.78, 5) is 49.6. The first-order valence-electron chi connectivity index (χ1n) is 15.1. The van der Waals surface area contributed by atoms with Crippen molar-refractivity contribution in [2.75, 3.05) is 11.5 Å². The van der Waals surface area contributed by atoms with Crippen molar-refractivity contribution in [3.05, 3.63) is 0 Å². The summed E-state index contributed by atoms with van der Waals surface area (Å²) in [6.07, 6.45) is -13.5. The Morgan fingerprint density at radius 2 is 0.760 bits per heavy atom. The Balaban J connectivity index is 6.07. The molecule has 0 aromatic carbocycles. The lowest BCUT2D eigenvalue weighted by Gasteiger charge is -2.29. The summed E-state index contributed by atoms with van der Waals surface area (Å²) in [7, 11) is -7.11. The van der Waals surface area contributed by atoms with E-state index < -0.39 is 111 Å². The lowest BCUT2D eigenvalue weighted by Crippen LogP contribution is -2.54. The van der Waals surface area contributed by atoms with Crippen molar-refractivity contribution in [1.82, 2.24) is 21.3 Å². The molecule has 0 unspecified atom stereocenters. The van der Waals surface area contributed by atoms with Gasteiger partial charge >= 0.3 is 39.4 Å². The van der Waals surface area contributed by atoms with E-state index in [1.54, 1.807) is 0 Å². The lowest BCUT2D eigenvalue weighted by atomic mass is 10.3. The Morgan fingerprint density at radius 3 is 0.960 bits per heavy atom. The van der Waals surface area contributed by atoms with Crippen LogP contribution in [0.25, 0.3) is 0 Å². The predicted octanol–water partition coefficient (Wildman–Crippen LogP) is 5.47. The van der Waals surface area contributed by atoms with Gasteiger partial charge in [-0.2, -0.15) is 26.3 Å². The number of hydrogen-bond donors (Lipinski definition) is 4. The van der Waals surface area contributed by atoms with Crippen molar-refractivity contribution in [2.45, 2.75) is 130 Å². The zero-order chi connectivity index (χ0) is 39.4. The predicted molar refractivity (Wildman–Crippen MR) is 176 cm³/mol. The molecule has 4 N–H and O–H groups in total. The summed E-state index contributed by atoms with van der Waals surface area (Å²) in [5.74, 6) is -11.7. The molecule has 0 saturated carbocycles. The fourth-order valence-electron chi connectivity index (χ4n) is 3.44. The van der Waals surface area contributed by atoms with Gasteiger partial charge in [-0.05, 0) is 69.2 Å². The third-order valence-electron chi connectivity index (χ3n) is 5.39. The molecule has 0 rings (SSSR count). The van der Waals surface area contributed by atoms with Crippen molar-refractivity contribution in [3.8, 4) is 0 Å². The smallest absolute Gasteiger partial charge is 0.340 e. The zero-order valence-corrected chi connectivity index (χ0v) is 32.5. The molecule has 4 amide bonds. The molecule has 0 aromatic rings. The van der Waals surface area contributed by atoms with Crippen LogP contribution >= 0.6 is 36.8 Å². The van der Waals surface area contributed by atoms with Gasteiger partial charge in [0, 0.05) is 11.5 Å². The largest absolute Gasteiger partial charge is 0.471 e. The summed E-state index contributed by atoms with van der Waals surface area (Å²) >= 11 is 0. The fourth-order valence-corrected chi connectivity index (χ4v) is 9.52. The van der Waals surface area contributed by atoms with Gasteiger partial charge in [-0.15, -0.1) is 0 Å². The van der Waals surface area contributed by atoms with Crippen molar-refractivity contribution in [1.29, 1.82) is 0 Å². The van der Waals surface area contributed by atoms with Gasteiger partial charge in [0.25, 0.3) is 0 Å². The molecule has 4 atom stereocenters. The van der Waals surface area contributed by atoms with E-state index in [9.17, 15) is 54.7 Å². The van der Waals surface area contributed by atoms with E-state index in [-0.39, 0.29) is 0 Å². The number of nitrogens with one attached hydrogen (secondary N) is 4. The minimum atomic E-state index is -5.42. The van der Waals surface area contributed by atoms with Gasteiger partial charge in [0.2, 0.25) is 11.8 Å². The van der Waals surface area contributed by atoms with Gasteiger partial charge in [-0.1, -0.05) is 21.6 Å². The molecule has 0 saturated heterocycles. The lowest BCUT2D eigenvalue weighted by molar-refractivity contribution is -0.174. The number of hydrogen-bond acceptors (Lipinski definition) is 12. The summed E-state index contributed by atoms with van der Waals surface area (Å²) in [6, 6.07) is -3.92. The molecular weight excluding hydrogens is 768 g/mol. The van der Waals surface area contributed by atoms with Crippen molar-refractivity contribution < 1.29 is 72.7 Å². The topological polar surface area (TPSA) is 187 Å². The van der Waals surface area contributed by atoms with Gasteiger partial charge in [0.05, 0.1) is 24.4 Å². The van der Waals surface area contributed by atoms with Crippen LogP contribution in [0.5, 0.6) is 0 Å². The van der Waals surface area contributed by atoms with Crippen LogP contribution in [-0.4, -0.2) is 95.6 Å². The van der Waals surface area contributed by atoms with E-state index in [4.69, 9.17) is 18.1 Å². The van der Waals surface area contributed by atoms with Gasteiger partial charge in [-0.3, -0.25) is 28.3 Å². The van der Waals surface area contributed by atoms with Crippen LogP contribution in [-0.2, 0) is 46.4 Å². The van der Waals surface area contributed by atoms with Crippen molar-refractivity contribution in [3.63, 3.8) is 0 Å². The monoisotopic (exact) mass is 814 g/mol. The molecule has 0 radical (unpaired) electrons. The first-order valence-corrected chi connectivity index (χ1v) is 20.8. The van der Waals surface area contributed by atoms with E-state index in [1.165, 1.54) is 79.9 Å². The van der Waals surface area contributed by atoms with Crippen LogP contribution in [0.15, 0.2) is 0 Å². The Labute approximate surface area is 295 Å². The molecule has 24 heteroatoms. The number of amides is 4. The molecular formula is C26H46F6N4O10P2S2. The molecule has 0 aliphatic carbocycles. The second-order valence-electron chi connectivity index (χ2n) is 11.7. The molecule has 50 heavy (non-hydrogen) atoms. The van der Waals surface area contributed by atoms with E-state index in [2.05, 4.69) is 10.6 Å². The molecule has 0 bridgehead atoms. The van der Waals surface area contributed by atoms with Crippen molar-refractivity contribution >= 4 is 60.4 Å². The highest BCUT2D eigenvalue weighted by Gasteiger charge is 2.44. The maximum absolute atomic E-state index is 13.4. The summed E-state index contributed by atoms with van der Waals surface area (Å²) in [5.41, 5.74) is 0. The van der Waals surface area contributed by atoms with Gasteiger partial charge in [0.15, 0.2) is 0 Å². The van der Waals surface area contributed by atoms with E-state index in [0.717, 1.165) is 0 Å². The zero-order valence-electron chi connectivity index (χ0n) is 29.1. The third-order valence-corrected chi connectivity index (χ3v) is 12.8. The third kappa shape index (κ3) is 17.8. The average molecular weight is 815 g/mol. The minimum Gasteiger partial charge on any atom is -0.340 e. The number of carbonyl (C=O) groups is 4. The van der Waals surface area contributed by atoms with Crippen LogP contribution in [0.4, 0.5) is 26.3 Å². The quantitative estimate of drug-likeness (QED) is 0.0496. The summed E-state index contributed by atoms with van der Waals surface area (Å²) in [6.45, 7) is 14.6. The normalized spacial score (nSPS) is 15.5. The molecule has 0 aliphatic heterocycles. The van der Waals surface area contributed by atoms with Crippen LogP contribution in [0.1, 0.15) is 69.2 Å². The molecule has 14 nitrogen and oxygen atoms in total. The highest BCUT2D eigenvalue weighted by molar-refractivity contribution is 8.76. The summed E-state index contributed by atoms with van der Waals surface area (Å²) in [5, 5.41) is 7.40. The number of alkyl halides is 6. The van der Waals surface area contributed by atoms with Crippen LogP contribution < -0.4 is 21.3 Å². The Bertz CT molecular complexity index is 1120. The maximum Gasteiger partial charge on any atom is 0.471 e. The molecule has 0 spiro atoms. The molecule has 0 aliphatic rings. The summed E-state index contributed by atoms with van der Waals surface area (Å²) < 4.78 is 127. The van der Waals surface area contributed by atoms with E-state index >= 15 is 0 Å². The molecule has 0 fully saturated rings. The van der Waals surface area contributed by atoms with Crippen LogP contribution in [0.2, 0.25) is 0 Å². The maximum atomic E-state index is 13.4. The number of rotatable bonds is 21. The number of carbonyl (C=O) groups excluding carboxylic acids is 4. The standard InChI is InChI=1S/C26H46F6N4O10P2S2/c1-13(2)43-47(41,44-14(3)4)17(9)33-21(37)19(35-23(39)25(27,28)29)11-49-50-12-20(36-24(40)26(30,31)32)22(38)34-18(10)48(42,45-15(5)6)46-16(7)8/h13-20H,11-12H2,1-10H3,(H,33,37)(H,34,38)(H,35,39)(H,36,40)/t17-,18-,19+,20+/m1/s1. The van der Waals surface area contributed by atoms with E-state index in [1.807, 2.05) is 0 Å². The first kappa shape index (κ1) is 48.5. The molecule has 0 aromatic heterocycles. The molecule has 294 valence electrons. The van der Waals surface area contributed by atoms with Crippen LogP contribution in [0.3, 0.4) is 0 Å².